The molecule has 1 N–H and O–H groups in total. The molecule has 26 heavy (non-hydrogen) atoms. The fraction of sp³-hybridized carbons (Fsp3) is 0.750. The number of rotatable bonds is 4. The molecule has 0 radical (unpaired) electrons. The van der Waals surface area contributed by atoms with Crippen LogP contribution in [0.4, 0.5) is 0 Å². The Bertz CT molecular complexity index is 741. The molecule has 0 saturated heterocycles. The summed E-state index contributed by atoms with van der Waals surface area (Å²) >= 11 is 1.44. The third-order valence-corrected chi connectivity index (χ3v) is 7.55. The number of aromatic nitrogens is 1. The zero-order valence-corrected chi connectivity index (χ0v) is 16.7. The number of hydrogen-bond acceptors (Lipinski definition) is 3. The van der Waals surface area contributed by atoms with Crippen molar-refractivity contribution in [2.24, 2.45) is 41.1 Å². The molecule has 4 aliphatic rings. The van der Waals surface area contributed by atoms with E-state index in [9.17, 15) is 9.59 Å². The van der Waals surface area contributed by atoms with Crippen LogP contribution >= 0.6 is 11.3 Å². The zero-order chi connectivity index (χ0) is 18.5. The lowest BCUT2D eigenvalue weighted by Crippen LogP contribution is -2.57. The number of thiazole rings is 1. The fourth-order valence-electron chi connectivity index (χ4n) is 5.80. The maximum atomic E-state index is 13.3. The average Bonchev–Trinajstić information content (AvgIpc) is 2.95. The van der Waals surface area contributed by atoms with E-state index >= 15 is 0 Å². The van der Waals surface area contributed by atoms with Crippen molar-refractivity contribution in [3.05, 3.63) is 16.4 Å². The second-order valence-electron chi connectivity index (χ2n) is 9.14. The highest BCUT2D eigenvalue weighted by Gasteiger charge is 2.55. The van der Waals surface area contributed by atoms with Crippen LogP contribution in [-0.4, -0.2) is 22.4 Å². The van der Waals surface area contributed by atoms with Crippen LogP contribution in [0.2, 0.25) is 0 Å². The number of hydrogen-bond donors (Lipinski definition) is 1. The molecule has 4 fully saturated rings. The molecule has 4 bridgehead atoms. The van der Waals surface area contributed by atoms with Crippen molar-refractivity contribution in [3.63, 3.8) is 0 Å². The monoisotopic (exact) mass is 375 g/mol. The summed E-state index contributed by atoms with van der Waals surface area (Å²) in [6.45, 7) is 3.96. The van der Waals surface area contributed by atoms with Crippen LogP contribution in [-0.2, 0) is 16.6 Å². The van der Waals surface area contributed by atoms with Crippen LogP contribution in [0.1, 0.15) is 52.4 Å². The van der Waals surface area contributed by atoms with E-state index in [0.29, 0.717) is 4.80 Å². The molecule has 5 nitrogen and oxygen atoms in total. The molecule has 0 aliphatic heterocycles. The molecule has 1 heterocycles. The molecule has 1 atom stereocenters. The number of nitrogens with one attached hydrogen (secondary N) is 1. The van der Waals surface area contributed by atoms with Gasteiger partial charge in [-0.25, -0.2) is 0 Å². The zero-order valence-electron chi connectivity index (χ0n) is 15.9. The van der Waals surface area contributed by atoms with E-state index in [4.69, 9.17) is 0 Å². The number of carbonyl (C=O) groups excluding carboxylic acids is 2. The molecule has 2 amide bonds. The Kier molecular flexibility index (Phi) is 4.58. The van der Waals surface area contributed by atoms with E-state index in [1.165, 1.54) is 30.6 Å². The van der Waals surface area contributed by atoms with Crippen molar-refractivity contribution in [3.8, 4) is 0 Å². The van der Waals surface area contributed by atoms with Gasteiger partial charge in [-0.2, -0.15) is 4.99 Å². The molecule has 0 spiro atoms. The largest absolute Gasteiger partial charge is 0.343 e. The smallest absolute Gasteiger partial charge is 0.271 e. The standard InChI is InChI=1S/C20H29N3O2S/c1-12(2)16(17(24)22-19-23(3)4-5-26-19)21-18(25)20-9-13-6-14(10-20)8-15(7-13)11-20/h4-5,12-16H,6-11H2,1-3H3,(H,21,25)/t13?,14?,15?,16-,20?/m1/s1. The fourth-order valence-corrected chi connectivity index (χ4v) is 6.53. The molecule has 6 heteroatoms. The Morgan fingerprint density at radius 2 is 1.77 bits per heavy atom. The maximum absolute atomic E-state index is 13.3. The lowest BCUT2D eigenvalue weighted by atomic mass is 9.49. The van der Waals surface area contributed by atoms with E-state index in [2.05, 4.69) is 10.3 Å². The first-order chi connectivity index (χ1) is 12.4. The van der Waals surface area contributed by atoms with Crippen LogP contribution in [0.15, 0.2) is 16.6 Å². The summed E-state index contributed by atoms with van der Waals surface area (Å²) in [5, 5.41) is 5.03. The van der Waals surface area contributed by atoms with Gasteiger partial charge in [0.05, 0.1) is 0 Å². The molecule has 1 aromatic heterocycles. The summed E-state index contributed by atoms with van der Waals surface area (Å²) in [5.74, 6) is 2.04. The maximum Gasteiger partial charge on any atom is 0.271 e. The highest BCUT2D eigenvalue weighted by Crippen LogP contribution is 2.60. The average molecular weight is 376 g/mol. The predicted molar refractivity (Wildman–Crippen MR) is 101 cm³/mol. The highest BCUT2D eigenvalue weighted by atomic mass is 32.1. The van der Waals surface area contributed by atoms with Gasteiger partial charge in [0.15, 0.2) is 4.80 Å². The summed E-state index contributed by atoms with van der Waals surface area (Å²) in [6, 6.07) is -0.544. The van der Waals surface area contributed by atoms with E-state index in [0.717, 1.165) is 37.0 Å². The van der Waals surface area contributed by atoms with Crippen molar-refractivity contribution in [1.29, 1.82) is 0 Å². The second-order valence-corrected chi connectivity index (χ2v) is 10.0. The van der Waals surface area contributed by atoms with Gasteiger partial charge in [-0.1, -0.05) is 13.8 Å². The van der Waals surface area contributed by atoms with E-state index in [-0.39, 0.29) is 23.1 Å². The van der Waals surface area contributed by atoms with Crippen molar-refractivity contribution in [1.82, 2.24) is 9.88 Å². The van der Waals surface area contributed by atoms with Gasteiger partial charge < -0.3 is 9.88 Å². The van der Waals surface area contributed by atoms with E-state index in [1.807, 2.05) is 37.0 Å². The SMILES string of the molecule is CC(C)[C@@H](NC(=O)C12CC3CC(CC(C3)C1)C2)C(=O)N=c1sccn1C. The van der Waals surface area contributed by atoms with Crippen LogP contribution < -0.4 is 10.1 Å². The quantitative estimate of drug-likeness (QED) is 0.879. The number of aryl methyl sites for hydroxylation is 1. The Hall–Kier alpha value is -1.43. The Balaban J connectivity index is 1.53. The minimum atomic E-state index is -0.544. The summed E-state index contributed by atoms with van der Waals surface area (Å²) in [7, 11) is 1.88. The summed E-state index contributed by atoms with van der Waals surface area (Å²) < 4.78 is 1.83. The van der Waals surface area contributed by atoms with E-state index in [1.54, 1.807) is 0 Å². The first-order valence-corrected chi connectivity index (χ1v) is 10.7. The van der Waals surface area contributed by atoms with Gasteiger partial charge in [0.25, 0.3) is 5.91 Å². The van der Waals surface area contributed by atoms with Gasteiger partial charge in [0, 0.05) is 24.0 Å². The highest BCUT2D eigenvalue weighted by molar-refractivity contribution is 7.07. The van der Waals surface area contributed by atoms with Crippen molar-refractivity contribution in [2.75, 3.05) is 0 Å². The third-order valence-electron chi connectivity index (χ3n) is 6.70. The molecule has 5 rings (SSSR count). The van der Waals surface area contributed by atoms with Gasteiger partial charge in [-0.15, -0.1) is 11.3 Å². The minimum Gasteiger partial charge on any atom is -0.343 e. The molecule has 0 aromatic carbocycles. The van der Waals surface area contributed by atoms with Crippen LogP contribution in [0.3, 0.4) is 0 Å². The molecular formula is C20H29N3O2S. The molecule has 1 aromatic rings. The third kappa shape index (κ3) is 3.17. The summed E-state index contributed by atoms with van der Waals surface area (Å²) in [6.07, 6.45) is 8.85. The predicted octanol–water partition coefficient (Wildman–Crippen LogP) is 2.87. The Labute approximate surface area is 158 Å². The van der Waals surface area contributed by atoms with Crippen molar-refractivity contribution < 1.29 is 9.59 Å². The number of carbonyl (C=O) groups is 2. The summed E-state index contributed by atoms with van der Waals surface area (Å²) in [5.41, 5.74) is -0.226. The van der Waals surface area contributed by atoms with Crippen LogP contribution in [0.5, 0.6) is 0 Å². The van der Waals surface area contributed by atoms with Gasteiger partial charge in [0.1, 0.15) is 6.04 Å². The number of nitrogens with zero attached hydrogens (tertiary/aromatic N) is 2. The second kappa shape index (κ2) is 6.63. The van der Waals surface area contributed by atoms with Gasteiger partial charge in [-0.05, 0) is 62.2 Å². The van der Waals surface area contributed by atoms with Crippen LogP contribution in [0.25, 0.3) is 0 Å². The van der Waals surface area contributed by atoms with Gasteiger partial charge >= 0.3 is 0 Å². The van der Waals surface area contributed by atoms with E-state index < -0.39 is 6.04 Å². The topological polar surface area (TPSA) is 63.5 Å². The lowest BCUT2D eigenvalue weighted by Gasteiger charge is -2.55. The molecular weight excluding hydrogens is 346 g/mol. The minimum absolute atomic E-state index is 0.0226. The molecule has 4 saturated carbocycles. The van der Waals surface area contributed by atoms with Gasteiger partial charge in [0.2, 0.25) is 5.91 Å². The summed E-state index contributed by atoms with van der Waals surface area (Å²) in [4.78, 5) is 31.0. The molecule has 0 unspecified atom stereocenters. The first-order valence-electron chi connectivity index (χ1n) is 9.86. The molecule has 142 valence electrons. The first kappa shape index (κ1) is 18.0. The lowest BCUT2D eigenvalue weighted by molar-refractivity contribution is -0.148. The Morgan fingerprint density at radius 1 is 1.19 bits per heavy atom. The normalized spacial score (nSPS) is 34.3. The number of amides is 2. The van der Waals surface area contributed by atoms with Crippen molar-refractivity contribution in [2.45, 2.75) is 58.4 Å². The Morgan fingerprint density at radius 3 is 2.23 bits per heavy atom. The van der Waals surface area contributed by atoms with Crippen molar-refractivity contribution >= 4 is 23.2 Å². The van der Waals surface area contributed by atoms with Crippen LogP contribution in [0, 0.1) is 29.1 Å². The molecule has 4 aliphatic carbocycles. The van der Waals surface area contributed by atoms with Gasteiger partial charge in [-0.3, -0.25) is 9.59 Å².